The minimum absolute atomic E-state index is 0.0392. The number of hydrogen-bond donors (Lipinski definition) is 4. The van der Waals surface area contributed by atoms with Crippen molar-refractivity contribution < 1.29 is 29.6 Å². The maximum atomic E-state index is 11.8. The second kappa shape index (κ2) is 6.16. The van der Waals surface area contributed by atoms with Gasteiger partial charge in [0.2, 0.25) is 0 Å². The molecule has 108 valence electrons. The minimum Gasteiger partial charge on any atom is -0.463 e. The lowest BCUT2D eigenvalue weighted by molar-refractivity contribution is -0.0837. The number of amides is 1. The number of aliphatic hydroxyl groups is 4. The summed E-state index contributed by atoms with van der Waals surface area (Å²) < 4.78 is 5.21. The Balaban J connectivity index is 2.98. The van der Waals surface area contributed by atoms with E-state index in [0.29, 0.717) is 5.76 Å². The Bertz CT molecular complexity index is 441. The number of rotatable bonds is 5. The number of aryl methyl sites for hydroxylation is 1. The van der Waals surface area contributed by atoms with Crippen LogP contribution in [-0.2, 0) is 0 Å². The van der Waals surface area contributed by atoms with E-state index < -0.39 is 24.9 Å². The van der Waals surface area contributed by atoms with Crippen molar-refractivity contribution in [3.05, 3.63) is 23.2 Å². The molecule has 3 atom stereocenters. The molecule has 0 fully saturated rings. The Morgan fingerprint density at radius 1 is 1.37 bits per heavy atom. The van der Waals surface area contributed by atoms with Gasteiger partial charge in [-0.1, -0.05) is 0 Å². The lowest BCUT2D eigenvalue weighted by Gasteiger charge is -2.19. The molecule has 0 bridgehead atoms. The minimum atomic E-state index is -1.60. The summed E-state index contributed by atoms with van der Waals surface area (Å²) in [5, 5.41) is 37.3. The molecule has 1 amide bonds. The van der Waals surface area contributed by atoms with Gasteiger partial charge in [-0.25, -0.2) is 0 Å². The van der Waals surface area contributed by atoms with Gasteiger partial charge in [0, 0.05) is 14.1 Å². The number of carbonyl (C=O) groups is 1. The van der Waals surface area contributed by atoms with Crippen LogP contribution in [0, 0.1) is 6.92 Å². The molecular weight excluding hydrogens is 254 g/mol. The molecule has 4 N–H and O–H groups in total. The van der Waals surface area contributed by atoms with Gasteiger partial charge >= 0.3 is 0 Å². The summed E-state index contributed by atoms with van der Waals surface area (Å²) >= 11 is 0. The van der Waals surface area contributed by atoms with E-state index in [0.717, 1.165) is 0 Å². The monoisotopic (exact) mass is 273 g/mol. The van der Waals surface area contributed by atoms with Crippen LogP contribution < -0.4 is 0 Å². The molecule has 1 aromatic rings. The van der Waals surface area contributed by atoms with Crippen LogP contribution in [0.3, 0.4) is 0 Å². The van der Waals surface area contributed by atoms with E-state index in [1.165, 1.54) is 11.0 Å². The zero-order valence-electron chi connectivity index (χ0n) is 11.1. The normalized spacial score (nSPS) is 15.9. The highest BCUT2D eigenvalue weighted by Crippen LogP contribution is 2.25. The lowest BCUT2D eigenvalue weighted by Crippen LogP contribution is -2.34. The summed E-state index contributed by atoms with van der Waals surface area (Å²) in [5.74, 6) is -0.0296. The topological polar surface area (TPSA) is 114 Å². The Morgan fingerprint density at radius 3 is 2.42 bits per heavy atom. The van der Waals surface area contributed by atoms with Crippen LogP contribution in [0.4, 0.5) is 0 Å². The first-order valence-corrected chi connectivity index (χ1v) is 5.76. The van der Waals surface area contributed by atoms with E-state index >= 15 is 0 Å². The lowest BCUT2D eigenvalue weighted by atomic mass is 10.1. The van der Waals surface area contributed by atoms with Gasteiger partial charge in [-0.2, -0.15) is 0 Å². The molecule has 0 spiro atoms. The fourth-order valence-corrected chi connectivity index (χ4v) is 1.59. The van der Waals surface area contributed by atoms with Crippen LogP contribution in [-0.4, -0.2) is 64.1 Å². The number of carbonyl (C=O) groups excluding carboxylic acids is 1. The first-order valence-electron chi connectivity index (χ1n) is 5.76. The maximum absolute atomic E-state index is 11.8. The van der Waals surface area contributed by atoms with Gasteiger partial charge in [-0.05, 0) is 13.0 Å². The molecule has 1 rings (SSSR count). The highest BCUT2D eigenvalue weighted by molar-refractivity contribution is 5.94. The third-order valence-electron chi connectivity index (χ3n) is 2.77. The molecule has 0 aliphatic heterocycles. The molecule has 0 aliphatic rings. The molecule has 0 saturated carbocycles. The quantitative estimate of drug-likeness (QED) is 0.549. The van der Waals surface area contributed by atoms with Crippen LogP contribution in [0.5, 0.6) is 0 Å². The van der Waals surface area contributed by atoms with Crippen molar-refractivity contribution in [3.8, 4) is 0 Å². The number of nitrogens with zero attached hydrogens (tertiary/aromatic N) is 1. The van der Waals surface area contributed by atoms with Crippen LogP contribution in [0.25, 0.3) is 0 Å². The average molecular weight is 273 g/mol. The van der Waals surface area contributed by atoms with E-state index in [1.54, 1.807) is 21.0 Å². The van der Waals surface area contributed by atoms with Crippen molar-refractivity contribution in [3.63, 3.8) is 0 Å². The first-order chi connectivity index (χ1) is 8.79. The van der Waals surface area contributed by atoms with E-state index in [4.69, 9.17) is 9.52 Å². The largest absolute Gasteiger partial charge is 0.463 e. The molecule has 7 heteroatoms. The third kappa shape index (κ3) is 3.32. The second-order valence-corrected chi connectivity index (χ2v) is 4.50. The fraction of sp³-hybridized carbons (Fsp3) is 0.583. The van der Waals surface area contributed by atoms with Gasteiger partial charge in [-0.3, -0.25) is 4.79 Å². The van der Waals surface area contributed by atoms with Crippen LogP contribution in [0.1, 0.15) is 28.0 Å². The smallest absolute Gasteiger partial charge is 0.256 e. The molecule has 7 nitrogen and oxygen atoms in total. The van der Waals surface area contributed by atoms with Gasteiger partial charge in [0.15, 0.2) is 0 Å². The highest BCUT2D eigenvalue weighted by Gasteiger charge is 2.29. The number of furan rings is 1. The van der Waals surface area contributed by atoms with Gasteiger partial charge in [-0.15, -0.1) is 0 Å². The predicted octanol–water partition coefficient (Wildman–Crippen LogP) is -0.963. The van der Waals surface area contributed by atoms with Crippen molar-refractivity contribution >= 4 is 5.91 Å². The van der Waals surface area contributed by atoms with E-state index in [2.05, 4.69) is 0 Å². The van der Waals surface area contributed by atoms with Crippen molar-refractivity contribution in [2.75, 3.05) is 20.7 Å². The molecular formula is C12H19NO6. The summed E-state index contributed by atoms with van der Waals surface area (Å²) in [5.41, 5.74) is 0.268. The van der Waals surface area contributed by atoms with Crippen molar-refractivity contribution in [1.29, 1.82) is 0 Å². The Hall–Kier alpha value is -1.41. The van der Waals surface area contributed by atoms with Crippen molar-refractivity contribution in [2.24, 2.45) is 0 Å². The highest BCUT2D eigenvalue weighted by atomic mass is 16.4. The SMILES string of the molecule is Cc1oc([C@@H](O)[C@H](O)[C@H](O)CO)cc1C(=O)N(C)C. The molecule has 0 radical (unpaired) electrons. The Labute approximate surface area is 110 Å². The van der Waals surface area contributed by atoms with Gasteiger partial charge in [0.25, 0.3) is 5.91 Å². The molecule has 1 aromatic heterocycles. The molecule has 0 unspecified atom stereocenters. The molecule has 0 aliphatic carbocycles. The van der Waals surface area contributed by atoms with E-state index in [9.17, 15) is 20.1 Å². The first kappa shape index (κ1) is 15.6. The Kier molecular flexibility index (Phi) is 5.07. The second-order valence-electron chi connectivity index (χ2n) is 4.50. The van der Waals surface area contributed by atoms with E-state index in [1.807, 2.05) is 0 Å². The van der Waals surface area contributed by atoms with Gasteiger partial charge in [0.05, 0.1) is 12.2 Å². The predicted molar refractivity (Wildman–Crippen MR) is 65.5 cm³/mol. The van der Waals surface area contributed by atoms with Crippen molar-refractivity contribution in [2.45, 2.75) is 25.2 Å². The van der Waals surface area contributed by atoms with Gasteiger partial charge < -0.3 is 29.7 Å². The standard InChI is InChI=1S/C12H19NO6/c1-6-7(12(18)13(2)3)4-9(19-6)11(17)10(16)8(15)5-14/h4,8,10-11,14-17H,5H2,1-3H3/t8-,10-,11-/m1/s1. The van der Waals surface area contributed by atoms with Crippen LogP contribution in [0.15, 0.2) is 10.5 Å². The fourth-order valence-electron chi connectivity index (χ4n) is 1.59. The number of aliphatic hydroxyl groups excluding tert-OH is 4. The Morgan fingerprint density at radius 2 is 1.95 bits per heavy atom. The van der Waals surface area contributed by atoms with Gasteiger partial charge in [0.1, 0.15) is 29.8 Å². The van der Waals surface area contributed by atoms with E-state index in [-0.39, 0.29) is 17.2 Å². The molecule has 1 heterocycles. The van der Waals surface area contributed by atoms with Crippen LogP contribution in [0.2, 0.25) is 0 Å². The van der Waals surface area contributed by atoms with Crippen molar-refractivity contribution in [1.82, 2.24) is 4.90 Å². The summed E-state index contributed by atoms with van der Waals surface area (Å²) in [6.45, 7) is 0.864. The number of hydrogen-bond acceptors (Lipinski definition) is 6. The molecule has 0 saturated heterocycles. The zero-order valence-corrected chi connectivity index (χ0v) is 11.1. The molecule has 19 heavy (non-hydrogen) atoms. The zero-order chi connectivity index (χ0) is 14.7. The average Bonchev–Trinajstić information content (AvgIpc) is 2.76. The maximum Gasteiger partial charge on any atom is 0.256 e. The third-order valence-corrected chi connectivity index (χ3v) is 2.77. The molecule has 0 aromatic carbocycles. The summed E-state index contributed by atoms with van der Waals surface area (Å²) in [6, 6.07) is 1.32. The van der Waals surface area contributed by atoms with Crippen LogP contribution >= 0.6 is 0 Å². The summed E-state index contributed by atoms with van der Waals surface area (Å²) in [4.78, 5) is 13.1. The summed E-state index contributed by atoms with van der Waals surface area (Å²) in [7, 11) is 3.16. The summed E-state index contributed by atoms with van der Waals surface area (Å²) in [6.07, 6.45) is -4.61.